The Balaban J connectivity index is 1.53. The number of aryl methyl sites for hydroxylation is 2. The predicted octanol–water partition coefficient (Wildman–Crippen LogP) is 4.04. The normalized spacial score (nSPS) is 12.8. The molecule has 0 saturated carbocycles. The summed E-state index contributed by atoms with van der Waals surface area (Å²) in [6.07, 6.45) is 4.20. The molecule has 3 aromatic rings. The minimum atomic E-state index is -0.250. The lowest BCUT2D eigenvalue weighted by Gasteiger charge is -2.18. The second-order valence-electron chi connectivity index (χ2n) is 6.56. The van der Waals surface area contributed by atoms with E-state index < -0.39 is 0 Å². The van der Waals surface area contributed by atoms with Gasteiger partial charge in [0.25, 0.3) is 5.91 Å². The molecular weight excluding hydrogens is 324 g/mol. The van der Waals surface area contributed by atoms with Crippen molar-refractivity contribution in [3.63, 3.8) is 0 Å². The molecule has 0 aliphatic carbocycles. The first-order chi connectivity index (χ1) is 12.6. The average molecular weight is 344 g/mol. The smallest absolute Gasteiger partial charge is 0.275 e. The van der Waals surface area contributed by atoms with Crippen LogP contribution in [0.15, 0.2) is 54.9 Å². The van der Waals surface area contributed by atoms with Crippen LogP contribution in [0.25, 0.3) is 0 Å². The summed E-state index contributed by atoms with van der Waals surface area (Å²) in [6, 6.07) is 14.3. The van der Waals surface area contributed by atoms with Crippen LogP contribution >= 0.6 is 0 Å². The van der Waals surface area contributed by atoms with E-state index in [4.69, 9.17) is 0 Å². The number of benzene rings is 2. The minimum Gasteiger partial charge on any atom is -0.325 e. The third kappa shape index (κ3) is 3.04. The number of carbonyl (C=O) groups excluding carboxylic acids is 1. The molecule has 2 aromatic carbocycles. The van der Waals surface area contributed by atoms with Crippen molar-refractivity contribution >= 4 is 23.1 Å². The first kappa shape index (κ1) is 16.3. The molecule has 1 aliphatic rings. The van der Waals surface area contributed by atoms with Crippen LogP contribution in [0, 0.1) is 13.8 Å². The summed E-state index contributed by atoms with van der Waals surface area (Å²) in [5.74, 6) is 0.512. The molecule has 1 aromatic heterocycles. The van der Waals surface area contributed by atoms with Crippen LogP contribution in [0.1, 0.15) is 27.2 Å². The van der Waals surface area contributed by atoms with Crippen LogP contribution < -0.4 is 10.2 Å². The second kappa shape index (κ2) is 6.59. The van der Waals surface area contributed by atoms with Gasteiger partial charge in [-0.1, -0.05) is 30.3 Å². The van der Waals surface area contributed by atoms with Crippen LogP contribution in [-0.4, -0.2) is 22.4 Å². The lowest BCUT2D eigenvalue weighted by atomic mass is 10.1. The summed E-state index contributed by atoms with van der Waals surface area (Å²) >= 11 is 0. The molecule has 26 heavy (non-hydrogen) atoms. The molecule has 0 saturated heterocycles. The zero-order chi connectivity index (χ0) is 18.1. The Bertz CT molecular complexity index is 966. The van der Waals surface area contributed by atoms with Crippen LogP contribution in [0.5, 0.6) is 0 Å². The number of fused-ring (bicyclic) bond motifs is 1. The van der Waals surface area contributed by atoms with Crippen molar-refractivity contribution in [3.05, 3.63) is 77.2 Å². The zero-order valence-electron chi connectivity index (χ0n) is 14.9. The van der Waals surface area contributed by atoms with Gasteiger partial charge in [-0.2, -0.15) is 0 Å². The van der Waals surface area contributed by atoms with Crippen molar-refractivity contribution in [2.75, 3.05) is 16.8 Å². The van der Waals surface area contributed by atoms with Crippen molar-refractivity contribution < 1.29 is 4.79 Å². The summed E-state index contributed by atoms with van der Waals surface area (Å²) < 4.78 is 0. The van der Waals surface area contributed by atoms with Gasteiger partial charge in [0.2, 0.25) is 0 Å². The van der Waals surface area contributed by atoms with E-state index in [1.54, 1.807) is 6.20 Å². The molecule has 130 valence electrons. The summed E-state index contributed by atoms with van der Waals surface area (Å²) in [5.41, 5.74) is 5.69. The minimum absolute atomic E-state index is 0.250. The number of amides is 1. The molecule has 2 heterocycles. The molecule has 5 nitrogen and oxygen atoms in total. The van der Waals surface area contributed by atoms with E-state index in [9.17, 15) is 4.79 Å². The molecule has 0 unspecified atom stereocenters. The number of nitrogens with one attached hydrogen (secondary N) is 1. The lowest BCUT2D eigenvalue weighted by molar-refractivity contribution is 0.102. The van der Waals surface area contributed by atoms with Crippen LogP contribution in [0.2, 0.25) is 0 Å². The fourth-order valence-corrected chi connectivity index (χ4v) is 3.21. The maximum atomic E-state index is 12.5. The number of rotatable bonds is 3. The molecule has 5 heteroatoms. The summed E-state index contributed by atoms with van der Waals surface area (Å²) in [4.78, 5) is 23.4. The Labute approximate surface area is 152 Å². The first-order valence-corrected chi connectivity index (χ1v) is 8.68. The van der Waals surface area contributed by atoms with Gasteiger partial charge in [-0.15, -0.1) is 0 Å². The van der Waals surface area contributed by atoms with E-state index >= 15 is 0 Å². The van der Waals surface area contributed by atoms with Crippen molar-refractivity contribution in [2.45, 2.75) is 20.3 Å². The van der Waals surface area contributed by atoms with Crippen molar-refractivity contribution in [3.8, 4) is 0 Å². The number of para-hydroxylation sites is 1. The number of hydrogen-bond donors (Lipinski definition) is 1. The zero-order valence-corrected chi connectivity index (χ0v) is 14.9. The van der Waals surface area contributed by atoms with Gasteiger partial charge >= 0.3 is 0 Å². The Morgan fingerprint density at radius 1 is 1.08 bits per heavy atom. The fourth-order valence-electron chi connectivity index (χ4n) is 3.21. The van der Waals surface area contributed by atoms with E-state index in [1.807, 2.05) is 38.1 Å². The van der Waals surface area contributed by atoms with Crippen LogP contribution in [-0.2, 0) is 6.42 Å². The third-order valence-corrected chi connectivity index (χ3v) is 4.68. The number of anilines is 3. The van der Waals surface area contributed by atoms with Crippen LogP contribution in [0.4, 0.5) is 17.2 Å². The molecule has 4 rings (SSSR count). The number of nitrogens with zero attached hydrogens (tertiary/aromatic N) is 3. The standard InChI is InChI=1S/C21H20N4O/c1-14-7-8-15(2)17(11-14)24-21(26)18-12-23-20(13-22-18)25-10-9-16-5-3-4-6-19(16)25/h3-8,11-13H,9-10H2,1-2H3,(H,24,26). The van der Waals surface area contributed by atoms with Crippen molar-refractivity contribution in [1.82, 2.24) is 9.97 Å². The molecule has 0 fully saturated rings. The predicted molar refractivity (Wildman–Crippen MR) is 103 cm³/mol. The first-order valence-electron chi connectivity index (χ1n) is 8.68. The number of carbonyl (C=O) groups is 1. The molecule has 0 radical (unpaired) electrons. The van der Waals surface area contributed by atoms with Gasteiger partial charge in [-0.25, -0.2) is 9.97 Å². The topological polar surface area (TPSA) is 58.1 Å². The highest BCUT2D eigenvalue weighted by atomic mass is 16.1. The Morgan fingerprint density at radius 2 is 1.92 bits per heavy atom. The van der Waals surface area contributed by atoms with E-state index in [2.05, 4.69) is 38.4 Å². The highest BCUT2D eigenvalue weighted by molar-refractivity contribution is 6.03. The molecule has 0 bridgehead atoms. The Morgan fingerprint density at radius 3 is 2.73 bits per heavy atom. The highest BCUT2D eigenvalue weighted by Crippen LogP contribution is 2.32. The largest absolute Gasteiger partial charge is 0.325 e. The fraction of sp³-hybridized carbons (Fsp3) is 0.190. The summed E-state index contributed by atoms with van der Waals surface area (Å²) in [5, 5.41) is 2.92. The molecule has 1 amide bonds. The van der Waals surface area contributed by atoms with Crippen LogP contribution in [0.3, 0.4) is 0 Å². The van der Waals surface area contributed by atoms with Gasteiger partial charge in [-0.05, 0) is 49.1 Å². The van der Waals surface area contributed by atoms with E-state index in [0.29, 0.717) is 5.69 Å². The van der Waals surface area contributed by atoms with Gasteiger partial charge in [0.1, 0.15) is 5.69 Å². The van der Waals surface area contributed by atoms with Gasteiger partial charge in [-0.3, -0.25) is 4.79 Å². The van der Waals surface area contributed by atoms with Gasteiger partial charge in [0.15, 0.2) is 5.82 Å². The maximum Gasteiger partial charge on any atom is 0.275 e. The van der Waals surface area contributed by atoms with E-state index in [1.165, 1.54) is 11.8 Å². The molecule has 0 atom stereocenters. The van der Waals surface area contributed by atoms with E-state index in [0.717, 1.165) is 41.3 Å². The average Bonchev–Trinajstić information content (AvgIpc) is 3.09. The summed E-state index contributed by atoms with van der Waals surface area (Å²) in [7, 11) is 0. The van der Waals surface area contributed by atoms with Gasteiger partial charge in [0.05, 0.1) is 12.4 Å². The van der Waals surface area contributed by atoms with E-state index in [-0.39, 0.29) is 5.91 Å². The monoisotopic (exact) mass is 344 g/mol. The number of hydrogen-bond acceptors (Lipinski definition) is 4. The molecular formula is C21H20N4O. The molecule has 1 N–H and O–H groups in total. The van der Waals surface area contributed by atoms with Crippen molar-refractivity contribution in [1.29, 1.82) is 0 Å². The quantitative estimate of drug-likeness (QED) is 0.779. The SMILES string of the molecule is Cc1ccc(C)c(NC(=O)c2cnc(N3CCc4ccccc43)cn2)c1. The Kier molecular flexibility index (Phi) is 4.13. The highest BCUT2D eigenvalue weighted by Gasteiger charge is 2.21. The molecule has 1 aliphatic heterocycles. The van der Waals surface area contributed by atoms with Gasteiger partial charge < -0.3 is 10.2 Å². The summed E-state index contributed by atoms with van der Waals surface area (Å²) in [6.45, 7) is 4.84. The number of aromatic nitrogens is 2. The second-order valence-corrected chi connectivity index (χ2v) is 6.56. The Hall–Kier alpha value is -3.21. The van der Waals surface area contributed by atoms with Gasteiger partial charge in [0, 0.05) is 17.9 Å². The third-order valence-electron chi connectivity index (χ3n) is 4.68. The van der Waals surface area contributed by atoms with Crippen molar-refractivity contribution in [2.24, 2.45) is 0 Å². The lowest BCUT2D eigenvalue weighted by Crippen LogP contribution is -2.18. The molecule has 0 spiro atoms. The maximum absolute atomic E-state index is 12.5.